The van der Waals surface area contributed by atoms with E-state index in [9.17, 15) is 4.79 Å². The molecule has 4 rings (SSSR count). The van der Waals surface area contributed by atoms with Crippen LogP contribution in [-0.4, -0.2) is 20.6 Å². The van der Waals surface area contributed by atoms with Gasteiger partial charge in [0.1, 0.15) is 0 Å². The van der Waals surface area contributed by atoms with Crippen molar-refractivity contribution in [3.05, 3.63) is 66.1 Å². The van der Waals surface area contributed by atoms with Gasteiger partial charge in [0.2, 0.25) is 0 Å². The van der Waals surface area contributed by atoms with Crippen molar-refractivity contribution in [1.29, 1.82) is 0 Å². The number of nitrogens with zero attached hydrogens (tertiary/aromatic N) is 3. The molecule has 6 nitrogen and oxygen atoms in total. The summed E-state index contributed by atoms with van der Waals surface area (Å²) in [6.45, 7) is 1.91. The zero-order valence-electron chi connectivity index (χ0n) is 14.1. The van der Waals surface area contributed by atoms with Gasteiger partial charge in [-0.2, -0.15) is 0 Å². The van der Waals surface area contributed by atoms with E-state index in [4.69, 9.17) is 0 Å². The van der Waals surface area contributed by atoms with E-state index in [2.05, 4.69) is 33.0 Å². The van der Waals surface area contributed by atoms with E-state index in [1.165, 1.54) is 0 Å². The minimum Gasteiger partial charge on any atom is -0.331 e. The van der Waals surface area contributed by atoms with E-state index >= 15 is 0 Å². The van der Waals surface area contributed by atoms with Gasteiger partial charge in [0.15, 0.2) is 11.5 Å². The number of amides is 2. The Labute approximate surface area is 146 Å². The Morgan fingerprint density at radius 3 is 2.60 bits per heavy atom. The second-order valence-electron chi connectivity index (χ2n) is 6.55. The molecule has 0 unspecified atom stereocenters. The highest BCUT2D eigenvalue weighted by atomic mass is 16.2. The summed E-state index contributed by atoms with van der Waals surface area (Å²) in [4.78, 5) is 12.5. The van der Waals surface area contributed by atoms with Crippen LogP contribution in [0.5, 0.6) is 0 Å². The monoisotopic (exact) mass is 335 g/mol. The fraction of sp³-hybridized carbons (Fsp3) is 0.316. The fourth-order valence-electron chi connectivity index (χ4n) is 3.16. The first-order valence-electron chi connectivity index (χ1n) is 8.64. The quantitative estimate of drug-likeness (QED) is 0.752. The Balaban J connectivity index is 1.46. The molecule has 2 atom stereocenters. The van der Waals surface area contributed by atoms with Gasteiger partial charge in [-0.15, -0.1) is 10.2 Å². The second-order valence-corrected chi connectivity index (χ2v) is 6.55. The molecule has 25 heavy (non-hydrogen) atoms. The number of carbonyl (C=O) groups excluding carboxylic acids is 1. The first kappa shape index (κ1) is 15.6. The van der Waals surface area contributed by atoms with Crippen molar-refractivity contribution in [3.63, 3.8) is 0 Å². The molecule has 2 N–H and O–H groups in total. The molecule has 1 aromatic carbocycles. The van der Waals surface area contributed by atoms with E-state index in [0.717, 1.165) is 24.1 Å². The average molecular weight is 335 g/mol. The number of hydrogen-bond acceptors (Lipinski definition) is 3. The molecule has 0 spiro atoms. The van der Waals surface area contributed by atoms with Crippen molar-refractivity contribution in [2.75, 3.05) is 0 Å². The summed E-state index contributed by atoms with van der Waals surface area (Å²) in [5, 5.41) is 14.5. The number of nitrogens with one attached hydrogen (secondary N) is 2. The normalized spacial score (nSPS) is 16.4. The molecule has 1 aliphatic rings. The highest BCUT2D eigenvalue weighted by Crippen LogP contribution is 2.40. The van der Waals surface area contributed by atoms with Crippen LogP contribution in [0, 0.1) is 5.92 Å². The number of benzene rings is 1. The molecule has 2 aromatic heterocycles. The van der Waals surface area contributed by atoms with E-state index in [-0.39, 0.29) is 18.1 Å². The molecule has 0 bridgehead atoms. The van der Waals surface area contributed by atoms with Crippen molar-refractivity contribution in [3.8, 4) is 0 Å². The number of rotatable bonds is 5. The zero-order valence-corrected chi connectivity index (χ0v) is 14.1. The van der Waals surface area contributed by atoms with Gasteiger partial charge in [-0.1, -0.05) is 36.4 Å². The minimum absolute atomic E-state index is 0.0588. The number of fused-ring (bicyclic) bond motifs is 1. The van der Waals surface area contributed by atoms with E-state index < -0.39 is 0 Å². The van der Waals surface area contributed by atoms with Crippen molar-refractivity contribution in [2.45, 2.75) is 31.8 Å². The van der Waals surface area contributed by atoms with Crippen LogP contribution in [0.2, 0.25) is 0 Å². The van der Waals surface area contributed by atoms with Gasteiger partial charge in [0, 0.05) is 6.20 Å². The van der Waals surface area contributed by atoms with Gasteiger partial charge in [-0.25, -0.2) is 4.79 Å². The molecular formula is C19H21N5O. The minimum atomic E-state index is -0.243. The molecule has 1 aliphatic carbocycles. The van der Waals surface area contributed by atoms with E-state index in [1.54, 1.807) is 0 Å². The van der Waals surface area contributed by atoms with Crippen LogP contribution in [0.4, 0.5) is 4.79 Å². The third-order valence-electron chi connectivity index (χ3n) is 4.61. The van der Waals surface area contributed by atoms with Crippen molar-refractivity contribution in [2.24, 2.45) is 5.92 Å². The first-order valence-corrected chi connectivity index (χ1v) is 8.64. The summed E-state index contributed by atoms with van der Waals surface area (Å²) >= 11 is 0. The maximum Gasteiger partial charge on any atom is 0.315 e. The number of aromatic nitrogens is 3. The summed E-state index contributed by atoms with van der Waals surface area (Å²) in [5.74, 6) is 1.24. The van der Waals surface area contributed by atoms with Gasteiger partial charge in [0.05, 0.1) is 12.1 Å². The molecule has 0 saturated heterocycles. The Morgan fingerprint density at radius 2 is 1.84 bits per heavy atom. The maximum atomic E-state index is 12.5. The third-order valence-corrected chi connectivity index (χ3v) is 4.61. The smallest absolute Gasteiger partial charge is 0.315 e. The lowest BCUT2D eigenvalue weighted by atomic mass is 10.0. The van der Waals surface area contributed by atoms with Gasteiger partial charge in [-0.3, -0.25) is 4.40 Å². The molecule has 0 radical (unpaired) electrons. The van der Waals surface area contributed by atoms with Crippen LogP contribution in [0.3, 0.4) is 0 Å². The second kappa shape index (κ2) is 6.55. The molecule has 2 amide bonds. The Bertz CT molecular complexity index is 872. The number of carbonyl (C=O) groups is 1. The molecule has 0 aliphatic heterocycles. The summed E-state index contributed by atoms with van der Waals surface area (Å²) < 4.78 is 1.89. The Kier molecular flexibility index (Phi) is 4.09. The highest BCUT2D eigenvalue weighted by Gasteiger charge is 2.33. The lowest BCUT2D eigenvalue weighted by Gasteiger charge is -2.21. The van der Waals surface area contributed by atoms with Crippen LogP contribution in [0.25, 0.3) is 5.65 Å². The summed E-state index contributed by atoms with van der Waals surface area (Å²) in [6.07, 6.45) is 4.21. The molecule has 2 heterocycles. The topological polar surface area (TPSA) is 71.3 Å². The van der Waals surface area contributed by atoms with Crippen LogP contribution in [0.1, 0.15) is 43.2 Å². The van der Waals surface area contributed by atoms with Crippen molar-refractivity contribution in [1.82, 2.24) is 25.2 Å². The molecule has 1 fully saturated rings. The van der Waals surface area contributed by atoms with Gasteiger partial charge < -0.3 is 10.6 Å². The highest BCUT2D eigenvalue weighted by molar-refractivity contribution is 5.75. The molecular weight excluding hydrogens is 314 g/mol. The zero-order chi connectivity index (χ0) is 17.2. The lowest BCUT2D eigenvalue weighted by Crippen LogP contribution is -2.40. The van der Waals surface area contributed by atoms with Gasteiger partial charge in [0.25, 0.3) is 0 Å². The van der Waals surface area contributed by atoms with Gasteiger partial charge >= 0.3 is 6.03 Å². The number of urea groups is 1. The number of pyridine rings is 1. The molecule has 128 valence electrons. The van der Waals surface area contributed by atoms with Crippen LogP contribution in [0.15, 0.2) is 54.7 Å². The van der Waals surface area contributed by atoms with Crippen molar-refractivity contribution >= 4 is 11.7 Å². The van der Waals surface area contributed by atoms with Crippen LogP contribution >= 0.6 is 0 Å². The Hall–Kier alpha value is -2.89. The third kappa shape index (κ3) is 3.33. The number of hydrogen-bond donors (Lipinski definition) is 2. The van der Waals surface area contributed by atoms with E-state index in [1.807, 2.05) is 53.9 Å². The maximum absolute atomic E-state index is 12.5. The van der Waals surface area contributed by atoms with Crippen LogP contribution < -0.4 is 10.6 Å². The Morgan fingerprint density at radius 1 is 1.08 bits per heavy atom. The van der Waals surface area contributed by atoms with Crippen molar-refractivity contribution < 1.29 is 4.79 Å². The standard InChI is InChI=1S/C19H21N5O/c1-13(18-23-22-16-9-5-6-12-24(16)18)20-19(25)21-17(15-10-11-15)14-7-3-2-4-8-14/h2-9,12-13,15,17H,10-11H2,1H3,(H2,20,21,25)/t13-,17-/m1/s1. The average Bonchev–Trinajstić information content (AvgIpc) is 3.38. The summed E-state index contributed by atoms with van der Waals surface area (Å²) in [7, 11) is 0. The molecule has 6 heteroatoms. The predicted molar refractivity (Wildman–Crippen MR) is 95.0 cm³/mol. The van der Waals surface area contributed by atoms with Gasteiger partial charge in [-0.05, 0) is 43.4 Å². The molecule has 1 saturated carbocycles. The first-order chi connectivity index (χ1) is 12.2. The van der Waals surface area contributed by atoms with Crippen LogP contribution in [-0.2, 0) is 0 Å². The summed E-state index contributed by atoms with van der Waals surface area (Å²) in [6, 6.07) is 15.5. The fourth-order valence-corrected chi connectivity index (χ4v) is 3.16. The largest absolute Gasteiger partial charge is 0.331 e. The summed E-state index contributed by atoms with van der Waals surface area (Å²) in [5.41, 5.74) is 1.92. The SMILES string of the molecule is C[C@@H](NC(=O)N[C@H](c1ccccc1)C1CC1)c1nnc2ccccn12. The lowest BCUT2D eigenvalue weighted by molar-refractivity contribution is 0.232. The van der Waals surface area contributed by atoms with E-state index in [0.29, 0.717) is 11.7 Å². The predicted octanol–water partition coefficient (Wildman–Crippen LogP) is 3.24. The molecule has 3 aromatic rings.